The smallest absolute Gasteiger partial charge is 0.287 e. The summed E-state index contributed by atoms with van der Waals surface area (Å²) in [5, 5.41) is 5.35. The van der Waals surface area contributed by atoms with E-state index in [0.29, 0.717) is 37.8 Å². The zero-order valence-electron chi connectivity index (χ0n) is 15.5. The van der Waals surface area contributed by atoms with Crippen molar-refractivity contribution in [1.29, 1.82) is 0 Å². The van der Waals surface area contributed by atoms with E-state index in [2.05, 4.69) is 10.6 Å². The van der Waals surface area contributed by atoms with Crippen molar-refractivity contribution in [3.05, 3.63) is 54.0 Å². The molecular weight excluding hydrogens is 348 g/mol. The summed E-state index contributed by atoms with van der Waals surface area (Å²) in [6.07, 6.45) is 4.55. The van der Waals surface area contributed by atoms with Crippen molar-refractivity contribution in [3.8, 4) is 11.5 Å². The summed E-state index contributed by atoms with van der Waals surface area (Å²) in [5.41, 5.74) is 0.822. The molecule has 0 aliphatic heterocycles. The fourth-order valence-electron chi connectivity index (χ4n) is 2.26. The van der Waals surface area contributed by atoms with Crippen molar-refractivity contribution in [2.45, 2.75) is 13.8 Å². The Hall–Kier alpha value is -3.22. The first-order valence-electron chi connectivity index (χ1n) is 8.81. The molecule has 27 heavy (non-hydrogen) atoms. The summed E-state index contributed by atoms with van der Waals surface area (Å²) in [7, 11) is 0. The minimum Gasteiger partial charge on any atom is -0.490 e. The maximum Gasteiger partial charge on any atom is 0.287 e. The summed E-state index contributed by atoms with van der Waals surface area (Å²) in [5.74, 6) is 0.981. The summed E-state index contributed by atoms with van der Waals surface area (Å²) < 4.78 is 16.1. The lowest BCUT2D eigenvalue weighted by Crippen LogP contribution is -2.33. The summed E-state index contributed by atoms with van der Waals surface area (Å²) >= 11 is 0. The summed E-state index contributed by atoms with van der Waals surface area (Å²) in [6.45, 7) is 5.49. The molecular formula is C20H24N2O5. The normalized spacial score (nSPS) is 10.6. The van der Waals surface area contributed by atoms with Crippen LogP contribution in [0.4, 0.5) is 0 Å². The Morgan fingerprint density at radius 1 is 1.04 bits per heavy atom. The highest BCUT2D eigenvalue weighted by Gasteiger charge is 2.07. The monoisotopic (exact) mass is 372 g/mol. The van der Waals surface area contributed by atoms with Crippen LogP contribution in [0.1, 0.15) is 30.0 Å². The molecule has 144 valence electrons. The van der Waals surface area contributed by atoms with Crippen molar-refractivity contribution < 1.29 is 23.5 Å². The number of nitrogens with one attached hydrogen (secondary N) is 2. The maximum absolute atomic E-state index is 11.9. The van der Waals surface area contributed by atoms with E-state index in [1.165, 1.54) is 12.3 Å². The SMILES string of the molecule is CCOc1ccc(/C=C/C(=O)NCCNC(=O)c2ccco2)cc1OCC. The first kappa shape index (κ1) is 20.1. The number of furan rings is 1. The van der Waals surface area contributed by atoms with Gasteiger partial charge in [-0.15, -0.1) is 0 Å². The highest BCUT2D eigenvalue weighted by molar-refractivity contribution is 5.92. The second kappa shape index (κ2) is 10.7. The molecule has 2 amide bonds. The van der Waals surface area contributed by atoms with Crippen LogP contribution in [0.3, 0.4) is 0 Å². The third kappa shape index (κ3) is 6.54. The zero-order valence-corrected chi connectivity index (χ0v) is 15.5. The number of carbonyl (C=O) groups excluding carboxylic acids is 2. The van der Waals surface area contributed by atoms with Crippen LogP contribution in [-0.4, -0.2) is 38.1 Å². The Kier molecular flexibility index (Phi) is 7.96. The number of hydrogen-bond donors (Lipinski definition) is 2. The molecule has 2 N–H and O–H groups in total. The van der Waals surface area contributed by atoms with E-state index in [1.807, 2.05) is 32.0 Å². The summed E-state index contributed by atoms with van der Waals surface area (Å²) in [4.78, 5) is 23.6. The number of carbonyl (C=O) groups is 2. The van der Waals surface area contributed by atoms with Crippen molar-refractivity contribution in [3.63, 3.8) is 0 Å². The lowest BCUT2D eigenvalue weighted by molar-refractivity contribution is -0.116. The summed E-state index contributed by atoms with van der Waals surface area (Å²) in [6, 6.07) is 8.70. The molecule has 0 bridgehead atoms. The molecule has 1 heterocycles. The molecule has 0 aliphatic carbocycles. The lowest BCUT2D eigenvalue weighted by atomic mass is 10.2. The topological polar surface area (TPSA) is 89.8 Å². The highest BCUT2D eigenvalue weighted by Crippen LogP contribution is 2.28. The van der Waals surface area contributed by atoms with Gasteiger partial charge in [-0.1, -0.05) is 6.07 Å². The Bertz CT molecular complexity index is 769. The zero-order chi connectivity index (χ0) is 19.5. The van der Waals surface area contributed by atoms with Crippen LogP contribution in [0.2, 0.25) is 0 Å². The third-order valence-electron chi connectivity index (χ3n) is 3.45. The van der Waals surface area contributed by atoms with Gasteiger partial charge in [0, 0.05) is 19.2 Å². The van der Waals surface area contributed by atoms with Crippen LogP contribution in [0, 0.1) is 0 Å². The quantitative estimate of drug-likeness (QED) is 0.494. The van der Waals surface area contributed by atoms with Gasteiger partial charge in [-0.3, -0.25) is 9.59 Å². The van der Waals surface area contributed by atoms with E-state index in [4.69, 9.17) is 13.9 Å². The average Bonchev–Trinajstić information content (AvgIpc) is 3.20. The third-order valence-corrected chi connectivity index (χ3v) is 3.45. The molecule has 0 fully saturated rings. The molecule has 0 aliphatic rings. The predicted molar refractivity (Wildman–Crippen MR) is 102 cm³/mol. The van der Waals surface area contributed by atoms with Gasteiger partial charge in [0.1, 0.15) is 0 Å². The van der Waals surface area contributed by atoms with E-state index in [1.54, 1.807) is 18.2 Å². The van der Waals surface area contributed by atoms with Crippen LogP contribution >= 0.6 is 0 Å². The molecule has 0 spiro atoms. The molecule has 2 rings (SSSR count). The molecule has 1 aromatic heterocycles. The molecule has 0 atom stereocenters. The van der Waals surface area contributed by atoms with Gasteiger partial charge in [0.25, 0.3) is 5.91 Å². The number of amides is 2. The van der Waals surface area contributed by atoms with Gasteiger partial charge in [0.05, 0.1) is 19.5 Å². The van der Waals surface area contributed by atoms with Gasteiger partial charge >= 0.3 is 0 Å². The van der Waals surface area contributed by atoms with E-state index in [9.17, 15) is 9.59 Å². The van der Waals surface area contributed by atoms with Gasteiger partial charge in [-0.05, 0) is 49.8 Å². The first-order valence-corrected chi connectivity index (χ1v) is 8.81. The van der Waals surface area contributed by atoms with Crippen LogP contribution in [0.15, 0.2) is 47.1 Å². The van der Waals surface area contributed by atoms with Crippen LogP contribution in [-0.2, 0) is 4.79 Å². The largest absolute Gasteiger partial charge is 0.490 e. The van der Waals surface area contributed by atoms with E-state index in [-0.39, 0.29) is 17.6 Å². The average molecular weight is 372 g/mol. The van der Waals surface area contributed by atoms with Crippen LogP contribution in [0.25, 0.3) is 6.08 Å². The predicted octanol–water partition coefficient (Wildman–Crippen LogP) is 2.64. The fraction of sp³-hybridized carbons (Fsp3) is 0.300. The van der Waals surface area contributed by atoms with E-state index in [0.717, 1.165) is 5.56 Å². The molecule has 7 heteroatoms. The van der Waals surface area contributed by atoms with Crippen molar-refractivity contribution in [1.82, 2.24) is 10.6 Å². The van der Waals surface area contributed by atoms with Gasteiger partial charge in [-0.2, -0.15) is 0 Å². The number of benzene rings is 1. The van der Waals surface area contributed by atoms with E-state index < -0.39 is 0 Å². The fourth-order valence-corrected chi connectivity index (χ4v) is 2.26. The van der Waals surface area contributed by atoms with Gasteiger partial charge < -0.3 is 24.5 Å². The number of ether oxygens (including phenoxy) is 2. The first-order chi connectivity index (χ1) is 13.1. The molecule has 0 unspecified atom stereocenters. The van der Waals surface area contributed by atoms with Crippen molar-refractivity contribution in [2.24, 2.45) is 0 Å². The van der Waals surface area contributed by atoms with Gasteiger partial charge in [0.15, 0.2) is 17.3 Å². The highest BCUT2D eigenvalue weighted by atomic mass is 16.5. The van der Waals surface area contributed by atoms with E-state index >= 15 is 0 Å². The molecule has 0 saturated carbocycles. The Morgan fingerprint density at radius 2 is 1.78 bits per heavy atom. The number of hydrogen-bond acceptors (Lipinski definition) is 5. The van der Waals surface area contributed by atoms with Gasteiger partial charge in [0.2, 0.25) is 5.91 Å². The molecule has 0 radical (unpaired) electrons. The molecule has 1 aromatic carbocycles. The standard InChI is InChI=1S/C20H24N2O5/c1-3-25-16-9-7-15(14-18(16)26-4-2)8-10-19(23)21-11-12-22-20(24)17-6-5-13-27-17/h5-10,13-14H,3-4,11-12H2,1-2H3,(H,21,23)(H,22,24)/b10-8+. The second-order valence-corrected chi connectivity index (χ2v) is 5.43. The molecule has 2 aromatic rings. The maximum atomic E-state index is 11.9. The van der Waals surface area contributed by atoms with Crippen molar-refractivity contribution >= 4 is 17.9 Å². The van der Waals surface area contributed by atoms with Crippen molar-refractivity contribution in [2.75, 3.05) is 26.3 Å². The number of rotatable bonds is 10. The Morgan fingerprint density at radius 3 is 2.48 bits per heavy atom. The second-order valence-electron chi connectivity index (χ2n) is 5.43. The van der Waals surface area contributed by atoms with Crippen LogP contribution in [0.5, 0.6) is 11.5 Å². The minimum absolute atomic E-state index is 0.238. The molecule has 0 saturated heterocycles. The Labute approximate surface area is 158 Å². The molecule has 7 nitrogen and oxygen atoms in total. The minimum atomic E-state index is -0.317. The Balaban J connectivity index is 1.80. The lowest BCUT2D eigenvalue weighted by Gasteiger charge is -2.11. The van der Waals surface area contributed by atoms with Crippen LogP contribution < -0.4 is 20.1 Å². The van der Waals surface area contributed by atoms with Gasteiger partial charge in [-0.25, -0.2) is 0 Å².